The first-order valence-corrected chi connectivity index (χ1v) is 11.5. The van der Waals surface area contributed by atoms with E-state index in [9.17, 15) is 9.59 Å². The maximum Gasteiger partial charge on any atom is 0.410 e. The molecule has 33 heavy (non-hydrogen) atoms. The first kappa shape index (κ1) is 22.8. The molecule has 0 radical (unpaired) electrons. The second-order valence-corrected chi connectivity index (χ2v) is 9.60. The molecule has 1 saturated heterocycles. The van der Waals surface area contributed by atoms with Gasteiger partial charge >= 0.3 is 6.09 Å². The Morgan fingerprint density at radius 2 is 1.85 bits per heavy atom. The van der Waals surface area contributed by atoms with Crippen LogP contribution in [0.2, 0.25) is 0 Å². The number of amides is 2. The molecule has 0 saturated carbocycles. The van der Waals surface area contributed by atoms with Gasteiger partial charge in [0.1, 0.15) is 11.4 Å². The molecule has 1 aromatic carbocycles. The van der Waals surface area contributed by atoms with Crippen molar-refractivity contribution in [3.63, 3.8) is 0 Å². The third-order valence-electron chi connectivity index (χ3n) is 5.81. The molecule has 3 heterocycles. The Bertz CT molecular complexity index is 1040. The molecule has 0 spiro atoms. The molecule has 0 aliphatic carbocycles. The van der Waals surface area contributed by atoms with Crippen molar-refractivity contribution in [3.05, 3.63) is 41.2 Å². The number of rotatable bonds is 4. The van der Waals surface area contributed by atoms with Crippen LogP contribution in [0.1, 0.15) is 61.6 Å². The van der Waals surface area contributed by atoms with Gasteiger partial charge in [0.15, 0.2) is 11.5 Å². The summed E-state index contributed by atoms with van der Waals surface area (Å²) in [5, 5.41) is 3.24. The van der Waals surface area contributed by atoms with E-state index in [-0.39, 0.29) is 11.8 Å². The molecule has 9 nitrogen and oxygen atoms in total. The number of hydrogen-bond donors (Lipinski definition) is 2. The van der Waals surface area contributed by atoms with Crippen molar-refractivity contribution >= 4 is 29.3 Å². The summed E-state index contributed by atoms with van der Waals surface area (Å²) in [4.78, 5) is 37.3. The van der Waals surface area contributed by atoms with Crippen LogP contribution in [0.4, 0.5) is 22.1 Å². The lowest BCUT2D eigenvalue weighted by Crippen LogP contribution is -2.39. The summed E-state index contributed by atoms with van der Waals surface area (Å²) < 4.78 is 5.50. The molecule has 1 fully saturated rings. The molecule has 4 rings (SSSR count). The van der Waals surface area contributed by atoms with Gasteiger partial charge in [-0.15, -0.1) is 0 Å². The van der Waals surface area contributed by atoms with Crippen LogP contribution in [-0.4, -0.2) is 52.1 Å². The van der Waals surface area contributed by atoms with Gasteiger partial charge in [-0.05, 0) is 69.7 Å². The number of nitrogens with two attached hydrogens (primary N) is 1. The third kappa shape index (κ3) is 5.53. The molecular weight excluding hydrogens is 420 g/mol. The Labute approximate surface area is 194 Å². The summed E-state index contributed by atoms with van der Waals surface area (Å²) in [5.41, 5.74) is 8.15. The highest BCUT2D eigenvalue weighted by Gasteiger charge is 2.26. The molecule has 0 unspecified atom stereocenters. The van der Waals surface area contributed by atoms with E-state index in [0.29, 0.717) is 25.3 Å². The first-order valence-electron chi connectivity index (χ1n) is 11.5. The Morgan fingerprint density at radius 3 is 2.55 bits per heavy atom. The standard InChI is InChI=1S/C24H32N6O3/c1-24(2,3)33-23(32)30-12-9-16-13-18(8-7-17(16)15-30)27-22-20(21(25)31)26-14-19(28-22)29-10-5-4-6-11-29/h7-8,13-14H,4-6,9-12,15H2,1-3H3,(H2,25,31)(H,27,28). The van der Waals surface area contributed by atoms with E-state index in [1.165, 1.54) is 6.42 Å². The molecule has 9 heteroatoms. The number of piperidine rings is 1. The summed E-state index contributed by atoms with van der Waals surface area (Å²) in [6, 6.07) is 5.93. The van der Waals surface area contributed by atoms with Crippen molar-refractivity contribution in [3.8, 4) is 0 Å². The molecule has 2 aromatic rings. The minimum absolute atomic E-state index is 0.115. The molecule has 1 aromatic heterocycles. The molecule has 2 amide bonds. The fourth-order valence-corrected chi connectivity index (χ4v) is 4.17. The smallest absolute Gasteiger partial charge is 0.410 e. The zero-order valence-corrected chi connectivity index (χ0v) is 19.6. The number of primary amides is 1. The van der Waals surface area contributed by atoms with Crippen LogP contribution in [0.3, 0.4) is 0 Å². The van der Waals surface area contributed by atoms with Gasteiger partial charge in [-0.1, -0.05) is 6.07 Å². The van der Waals surface area contributed by atoms with Gasteiger partial charge in [-0.25, -0.2) is 14.8 Å². The first-order chi connectivity index (χ1) is 15.7. The monoisotopic (exact) mass is 452 g/mol. The van der Waals surface area contributed by atoms with Crippen LogP contribution in [0, 0.1) is 0 Å². The van der Waals surface area contributed by atoms with E-state index in [4.69, 9.17) is 10.5 Å². The van der Waals surface area contributed by atoms with Gasteiger partial charge in [-0.2, -0.15) is 0 Å². The van der Waals surface area contributed by atoms with E-state index in [2.05, 4.69) is 20.2 Å². The zero-order chi connectivity index (χ0) is 23.6. The van der Waals surface area contributed by atoms with Crippen LogP contribution >= 0.6 is 0 Å². The van der Waals surface area contributed by atoms with Crippen molar-refractivity contribution < 1.29 is 14.3 Å². The largest absolute Gasteiger partial charge is 0.444 e. The Balaban J connectivity index is 1.52. The van der Waals surface area contributed by atoms with E-state index in [1.54, 1.807) is 11.1 Å². The quantitative estimate of drug-likeness (QED) is 0.728. The second-order valence-electron chi connectivity index (χ2n) is 9.60. The Hall–Kier alpha value is -3.36. The second kappa shape index (κ2) is 9.25. The van der Waals surface area contributed by atoms with Crippen LogP contribution in [0.25, 0.3) is 0 Å². The van der Waals surface area contributed by atoms with Gasteiger partial charge in [0.25, 0.3) is 5.91 Å². The average Bonchev–Trinajstić information content (AvgIpc) is 2.78. The van der Waals surface area contributed by atoms with Gasteiger partial charge < -0.3 is 25.6 Å². The molecule has 2 aliphatic rings. The predicted octanol–water partition coefficient (Wildman–Crippen LogP) is 3.60. The number of carbonyl (C=O) groups excluding carboxylic acids is 2. The van der Waals surface area contributed by atoms with Gasteiger partial charge in [0.05, 0.1) is 6.20 Å². The maximum atomic E-state index is 12.4. The SMILES string of the molecule is CC(C)(C)OC(=O)N1CCc2cc(Nc3nc(N4CCCCC4)cnc3C(N)=O)ccc2C1. The average molecular weight is 453 g/mol. The lowest BCUT2D eigenvalue weighted by atomic mass is 9.99. The molecule has 0 bridgehead atoms. The van der Waals surface area contributed by atoms with Crippen molar-refractivity contribution in [2.45, 2.75) is 58.6 Å². The predicted molar refractivity (Wildman–Crippen MR) is 127 cm³/mol. The lowest BCUT2D eigenvalue weighted by Gasteiger charge is -2.31. The minimum atomic E-state index is -0.624. The van der Waals surface area contributed by atoms with E-state index in [0.717, 1.165) is 48.6 Å². The number of ether oxygens (including phenoxy) is 1. The summed E-state index contributed by atoms with van der Waals surface area (Å²) in [6.45, 7) is 8.54. The summed E-state index contributed by atoms with van der Waals surface area (Å²) >= 11 is 0. The van der Waals surface area contributed by atoms with Crippen LogP contribution in [0.15, 0.2) is 24.4 Å². The third-order valence-corrected chi connectivity index (χ3v) is 5.81. The van der Waals surface area contributed by atoms with Crippen LogP contribution < -0.4 is 16.0 Å². The van der Waals surface area contributed by atoms with Crippen molar-refractivity contribution in [1.29, 1.82) is 0 Å². The highest BCUT2D eigenvalue weighted by Crippen LogP contribution is 2.27. The fourth-order valence-electron chi connectivity index (χ4n) is 4.17. The maximum absolute atomic E-state index is 12.4. The Morgan fingerprint density at radius 1 is 1.09 bits per heavy atom. The molecule has 2 aliphatic heterocycles. The number of hydrogen-bond acceptors (Lipinski definition) is 7. The molecule has 0 atom stereocenters. The number of anilines is 3. The van der Waals surface area contributed by atoms with E-state index >= 15 is 0 Å². The van der Waals surface area contributed by atoms with Crippen molar-refractivity contribution in [2.24, 2.45) is 5.73 Å². The van der Waals surface area contributed by atoms with E-state index < -0.39 is 11.5 Å². The van der Waals surface area contributed by atoms with Crippen molar-refractivity contribution in [2.75, 3.05) is 29.9 Å². The zero-order valence-electron chi connectivity index (χ0n) is 19.6. The molecule has 3 N–H and O–H groups in total. The number of nitrogens with one attached hydrogen (secondary N) is 1. The lowest BCUT2D eigenvalue weighted by molar-refractivity contribution is 0.0224. The number of carbonyl (C=O) groups is 2. The highest BCUT2D eigenvalue weighted by molar-refractivity contribution is 5.96. The summed E-state index contributed by atoms with van der Waals surface area (Å²) in [5.74, 6) is 0.478. The van der Waals surface area contributed by atoms with Gasteiger partial charge in [0.2, 0.25) is 0 Å². The number of benzene rings is 1. The molecular formula is C24H32N6O3. The normalized spacial score (nSPS) is 16.2. The summed E-state index contributed by atoms with van der Waals surface area (Å²) in [7, 11) is 0. The fraction of sp³-hybridized carbons (Fsp3) is 0.500. The summed E-state index contributed by atoms with van der Waals surface area (Å²) in [6.07, 6.45) is 5.49. The number of nitrogens with zero attached hydrogens (tertiary/aromatic N) is 4. The molecule has 176 valence electrons. The highest BCUT2D eigenvalue weighted by atomic mass is 16.6. The van der Waals surface area contributed by atoms with Gasteiger partial charge in [-0.3, -0.25) is 4.79 Å². The number of fused-ring (bicyclic) bond motifs is 1. The number of aromatic nitrogens is 2. The Kier molecular flexibility index (Phi) is 6.40. The van der Waals surface area contributed by atoms with Crippen LogP contribution in [0.5, 0.6) is 0 Å². The van der Waals surface area contributed by atoms with Crippen molar-refractivity contribution in [1.82, 2.24) is 14.9 Å². The van der Waals surface area contributed by atoms with Gasteiger partial charge in [0, 0.05) is 31.9 Å². The van der Waals surface area contributed by atoms with E-state index in [1.807, 2.05) is 39.0 Å². The van der Waals surface area contributed by atoms with Crippen LogP contribution in [-0.2, 0) is 17.7 Å². The minimum Gasteiger partial charge on any atom is -0.444 e. The topological polar surface area (TPSA) is 114 Å².